The second-order valence-corrected chi connectivity index (χ2v) is 6.67. The quantitative estimate of drug-likeness (QED) is 0.667. The summed E-state index contributed by atoms with van der Waals surface area (Å²) in [6, 6.07) is 5.69. The zero-order valence-corrected chi connectivity index (χ0v) is 15.0. The zero-order valence-electron chi connectivity index (χ0n) is 15.0. The summed E-state index contributed by atoms with van der Waals surface area (Å²) in [7, 11) is 0. The van der Waals surface area contributed by atoms with Crippen molar-refractivity contribution in [1.82, 2.24) is 10.1 Å². The van der Waals surface area contributed by atoms with E-state index in [0.717, 1.165) is 18.7 Å². The van der Waals surface area contributed by atoms with Gasteiger partial charge in [-0.2, -0.15) is 4.98 Å². The Morgan fingerprint density at radius 3 is 2.85 bits per heavy atom. The van der Waals surface area contributed by atoms with Crippen molar-refractivity contribution in [2.75, 3.05) is 10.6 Å². The number of halogens is 1. The molecule has 0 aliphatic heterocycles. The third-order valence-electron chi connectivity index (χ3n) is 4.47. The molecule has 1 aromatic carbocycles. The smallest absolute Gasteiger partial charge is 0.259 e. The van der Waals surface area contributed by atoms with Gasteiger partial charge in [0, 0.05) is 11.6 Å². The molecular weight excluding hydrogens is 351 g/mol. The molecule has 7 nitrogen and oxygen atoms in total. The number of hydrogen-bond acceptors (Lipinski definition) is 6. The molecule has 1 aliphatic rings. The normalized spacial score (nSPS) is 14.8. The van der Waals surface area contributed by atoms with Crippen molar-refractivity contribution < 1.29 is 18.1 Å². The lowest BCUT2D eigenvalue weighted by molar-refractivity contribution is 0.102. The van der Waals surface area contributed by atoms with Crippen LogP contribution in [-0.4, -0.2) is 16.0 Å². The Bertz CT molecular complexity index is 977. The van der Waals surface area contributed by atoms with E-state index in [1.807, 2.05) is 6.92 Å². The van der Waals surface area contributed by atoms with E-state index in [1.165, 1.54) is 18.4 Å². The Hall–Kier alpha value is -3.16. The van der Waals surface area contributed by atoms with Gasteiger partial charge >= 0.3 is 0 Å². The number of furan rings is 1. The fourth-order valence-electron chi connectivity index (χ4n) is 2.76. The van der Waals surface area contributed by atoms with E-state index in [-0.39, 0.29) is 11.7 Å². The molecule has 0 bridgehead atoms. The Morgan fingerprint density at radius 1 is 1.33 bits per heavy atom. The molecular formula is C19H19FN4O3. The largest absolute Gasteiger partial charge is 0.469 e. The summed E-state index contributed by atoms with van der Waals surface area (Å²) in [5, 5.41) is 9.75. The molecule has 2 N–H and O–H groups in total. The van der Waals surface area contributed by atoms with Crippen LogP contribution in [0.4, 0.5) is 15.8 Å². The summed E-state index contributed by atoms with van der Waals surface area (Å²) < 4.78 is 24.5. The maximum atomic E-state index is 14.1. The van der Waals surface area contributed by atoms with E-state index in [9.17, 15) is 9.18 Å². The fourth-order valence-corrected chi connectivity index (χ4v) is 2.76. The van der Waals surface area contributed by atoms with E-state index in [0.29, 0.717) is 28.8 Å². The Kier molecular flexibility index (Phi) is 4.39. The average Bonchev–Trinajstić information content (AvgIpc) is 3.20. The lowest BCUT2D eigenvalue weighted by atomic mass is 10.2. The van der Waals surface area contributed by atoms with Gasteiger partial charge in [-0.1, -0.05) is 5.16 Å². The molecule has 140 valence electrons. The van der Waals surface area contributed by atoms with E-state index >= 15 is 0 Å². The number of carbonyl (C=O) groups excluding carboxylic acids is 1. The van der Waals surface area contributed by atoms with Crippen LogP contribution < -0.4 is 10.6 Å². The molecule has 0 spiro atoms. The molecule has 8 heteroatoms. The number of nitrogens with one attached hydrogen (secondary N) is 2. The van der Waals surface area contributed by atoms with Gasteiger partial charge in [0.25, 0.3) is 5.91 Å². The lowest BCUT2D eigenvalue weighted by Gasteiger charge is -2.13. The second kappa shape index (κ2) is 6.86. The molecule has 1 aliphatic carbocycles. The minimum absolute atomic E-state index is 0.0713. The summed E-state index contributed by atoms with van der Waals surface area (Å²) in [4.78, 5) is 16.7. The van der Waals surface area contributed by atoms with Crippen molar-refractivity contribution >= 4 is 17.3 Å². The van der Waals surface area contributed by atoms with E-state index in [2.05, 4.69) is 20.8 Å². The molecule has 1 atom stereocenters. The standard InChI is InChI=1S/C19H19FN4O3/c1-10(19-23-17(24-27-19)12-3-4-12)21-13-5-6-15(20)16(9-13)22-18(25)14-7-8-26-11(14)2/h5-10,12,21H,3-4H2,1-2H3,(H,22,25). The van der Waals surface area contributed by atoms with Gasteiger partial charge in [-0.3, -0.25) is 4.79 Å². The summed E-state index contributed by atoms with van der Waals surface area (Å²) in [5.74, 6) is 1.13. The van der Waals surface area contributed by atoms with Gasteiger partial charge in [0.15, 0.2) is 5.82 Å². The van der Waals surface area contributed by atoms with Crippen LogP contribution >= 0.6 is 0 Å². The SMILES string of the molecule is Cc1occc1C(=O)Nc1cc(NC(C)c2nc(C3CC3)no2)ccc1F. The van der Waals surface area contributed by atoms with Gasteiger partial charge < -0.3 is 19.6 Å². The van der Waals surface area contributed by atoms with Gasteiger partial charge in [-0.05, 0) is 51.0 Å². The minimum atomic E-state index is -0.531. The van der Waals surface area contributed by atoms with Crippen LogP contribution in [0.2, 0.25) is 0 Å². The van der Waals surface area contributed by atoms with Gasteiger partial charge in [-0.25, -0.2) is 4.39 Å². The van der Waals surface area contributed by atoms with Crippen LogP contribution in [0.3, 0.4) is 0 Å². The van der Waals surface area contributed by atoms with Gasteiger partial charge in [0.1, 0.15) is 17.6 Å². The summed E-state index contributed by atoms with van der Waals surface area (Å²) in [6.45, 7) is 3.55. The Morgan fingerprint density at radius 2 is 2.15 bits per heavy atom. The first-order valence-corrected chi connectivity index (χ1v) is 8.76. The predicted molar refractivity (Wildman–Crippen MR) is 96.1 cm³/mol. The molecule has 1 unspecified atom stereocenters. The highest BCUT2D eigenvalue weighted by Gasteiger charge is 2.29. The number of aromatic nitrogens is 2. The summed E-state index contributed by atoms with van der Waals surface area (Å²) >= 11 is 0. The van der Waals surface area contributed by atoms with Gasteiger partial charge in [0.05, 0.1) is 17.5 Å². The molecule has 1 saturated carbocycles. The predicted octanol–water partition coefficient (Wildman–Crippen LogP) is 4.41. The molecule has 1 amide bonds. The maximum Gasteiger partial charge on any atom is 0.259 e. The van der Waals surface area contributed by atoms with Gasteiger partial charge in [0.2, 0.25) is 5.89 Å². The van der Waals surface area contributed by atoms with Gasteiger partial charge in [-0.15, -0.1) is 0 Å². The van der Waals surface area contributed by atoms with Crippen LogP contribution in [0.1, 0.15) is 59.6 Å². The minimum Gasteiger partial charge on any atom is -0.469 e. The average molecular weight is 370 g/mol. The van der Waals surface area contributed by atoms with Crippen LogP contribution in [0.5, 0.6) is 0 Å². The third kappa shape index (κ3) is 3.69. The Labute approximate surface area is 155 Å². The Balaban J connectivity index is 1.47. The number of carbonyl (C=O) groups is 1. The van der Waals surface area contributed by atoms with Crippen LogP contribution in [-0.2, 0) is 0 Å². The number of rotatable bonds is 6. The van der Waals surface area contributed by atoms with Crippen LogP contribution in [0, 0.1) is 12.7 Å². The summed E-state index contributed by atoms with van der Waals surface area (Å²) in [6.07, 6.45) is 3.61. The van der Waals surface area contributed by atoms with Crippen molar-refractivity contribution in [2.24, 2.45) is 0 Å². The first kappa shape index (κ1) is 17.3. The number of anilines is 2. The molecule has 0 radical (unpaired) electrons. The molecule has 4 rings (SSSR count). The summed E-state index contributed by atoms with van der Waals surface area (Å²) in [5.41, 5.74) is 1.05. The lowest BCUT2D eigenvalue weighted by Crippen LogP contribution is -2.14. The number of hydrogen-bond donors (Lipinski definition) is 2. The van der Waals surface area contributed by atoms with E-state index in [1.54, 1.807) is 19.1 Å². The topological polar surface area (TPSA) is 93.2 Å². The molecule has 2 aromatic heterocycles. The van der Waals surface area contributed by atoms with Crippen molar-refractivity contribution in [1.29, 1.82) is 0 Å². The first-order chi connectivity index (χ1) is 13.0. The fraction of sp³-hybridized carbons (Fsp3) is 0.316. The van der Waals surface area contributed by atoms with Crippen molar-refractivity contribution in [3.05, 3.63) is 59.4 Å². The monoisotopic (exact) mass is 370 g/mol. The number of aryl methyl sites for hydroxylation is 1. The van der Waals surface area contributed by atoms with Crippen molar-refractivity contribution in [3.63, 3.8) is 0 Å². The molecule has 2 heterocycles. The third-order valence-corrected chi connectivity index (χ3v) is 4.47. The van der Waals surface area contributed by atoms with E-state index in [4.69, 9.17) is 8.94 Å². The van der Waals surface area contributed by atoms with Crippen molar-refractivity contribution in [3.8, 4) is 0 Å². The highest BCUT2D eigenvalue weighted by atomic mass is 19.1. The number of benzene rings is 1. The molecule has 1 fully saturated rings. The molecule has 3 aromatic rings. The van der Waals surface area contributed by atoms with E-state index < -0.39 is 11.7 Å². The maximum absolute atomic E-state index is 14.1. The number of amides is 1. The highest BCUT2D eigenvalue weighted by Crippen LogP contribution is 2.38. The molecule has 27 heavy (non-hydrogen) atoms. The van der Waals surface area contributed by atoms with Crippen molar-refractivity contribution in [2.45, 2.75) is 38.6 Å². The second-order valence-electron chi connectivity index (χ2n) is 6.67. The zero-order chi connectivity index (χ0) is 19.0. The molecule has 0 saturated heterocycles. The van der Waals surface area contributed by atoms with Crippen LogP contribution in [0.15, 0.2) is 39.5 Å². The highest BCUT2D eigenvalue weighted by molar-refractivity contribution is 6.05. The first-order valence-electron chi connectivity index (χ1n) is 8.76. The van der Waals surface area contributed by atoms with Crippen LogP contribution in [0.25, 0.3) is 0 Å². The number of nitrogens with zero attached hydrogens (tertiary/aromatic N) is 2.